The zero-order chi connectivity index (χ0) is 17.9. The lowest BCUT2D eigenvalue weighted by molar-refractivity contribution is 0.00930. The number of likely N-dealkylation sites (tertiary alicyclic amines) is 1. The highest BCUT2D eigenvalue weighted by Crippen LogP contribution is 2.34. The van der Waals surface area contributed by atoms with Crippen LogP contribution in [0.15, 0.2) is 24.3 Å². The number of nitrogens with zero attached hydrogens (tertiary/aromatic N) is 1. The molecule has 3 unspecified atom stereocenters. The third-order valence-electron chi connectivity index (χ3n) is 3.87. The summed E-state index contributed by atoms with van der Waals surface area (Å²) in [6, 6.07) is 7.22. The molecule has 1 aliphatic heterocycles. The molecular weight excluding hydrogens is 330 g/mol. The van der Waals surface area contributed by atoms with E-state index in [1.165, 1.54) is 0 Å². The number of amides is 1. The number of aryl methyl sites for hydroxylation is 1. The van der Waals surface area contributed by atoms with Crippen molar-refractivity contribution in [3.05, 3.63) is 35.4 Å². The Balaban J connectivity index is 2.25. The van der Waals surface area contributed by atoms with Gasteiger partial charge in [-0.05, 0) is 46.1 Å². The summed E-state index contributed by atoms with van der Waals surface area (Å²) in [6.45, 7) is 7.95. The highest BCUT2D eigenvalue weighted by atomic mass is 32.2. The van der Waals surface area contributed by atoms with Gasteiger partial charge in [0.05, 0.1) is 6.04 Å². The number of carbonyl (C=O) groups excluding carboxylic acids is 1. The predicted molar refractivity (Wildman–Crippen MR) is 91.7 cm³/mol. The summed E-state index contributed by atoms with van der Waals surface area (Å²) in [4.78, 5) is 14.1. The average Bonchev–Trinajstić information content (AvgIpc) is 2.93. The maximum absolute atomic E-state index is 12.5. The topological polar surface area (TPSA) is 76.1 Å². The van der Waals surface area contributed by atoms with E-state index in [2.05, 4.69) is 0 Å². The van der Waals surface area contributed by atoms with Gasteiger partial charge in [-0.25, -0.2) is 4.79 Å². The Morgan fingerprint density at radius 3 is 2.50 bits per heavy atom. The molecule has 0 radical (unpaired) electrons. The van der Waals surface area contributed by atoms with Crippen molar-refractivity contribution in [1.29, 1.82) is 0 Å². The van der Waals surface area contributed by atoms with Crippen molar-refractivity contribution in [2.45, 2.75) is 58.3 Å². The molecule has 1 aromatic rings. The Morgan fingerprint density at radius 2 is 1.96 bits per heavy atom. The van der Waals surface area contributed by atoms with Crippen molar-refractivity contribution >= 4 is 17.5 Å². The van der Waals surface area contributed by atoms with E-state index in [-0.39, 0.29) is 6.04 Å². The molecule has 1 heterocycles. The van der Waals surface area contributed by atoms with Gasteiger partial charge in [0, 0.05) is 6.54 Å². The second-order valence-electron chi connectivity index (χ2n) is 7.03. The molecule has 134 valence electrons. The molecule has 3 atom stereocenters. The Hall–Kier alpha value is -1.44. The fraction of sp³-hybridized carbons (Fsp3) is 0.588. The van der Waals surface area contributed by atoms with Crippen LogP contribution >= 0.6 is 0 Å². The van der Waals surface area contributed by atoms with Crippen LogP contribution in [0.1, 0.15) is 50.8 Å². The van der Waals surface area contributed by atoms with Gasteiger partial charge in [0.1, 0.15) is 11.7 Å². The van der Waals surface area contributed by atoms with E-state index in [9.17, 15) is 13.6 Å². The van der Waals surface area contributed by atoms with Gasteiger partial charge in [0.2, 0.25) is 0 Å². The van der Waals surface area contributed by atoms with Crippen LogP contribution in [0, 0.1) is 6.92 Å². The highest BCUT2D eigenvalue weighted by Gasteiger charge is 2.39. The molecule has 2 rings (SSSR count). The average molecular weight is 355 g/mol. The summed E-state index contributed by atoms with van der Waals surface area (Å²) in [7, 11) is 0. The zero-order valence-corrected chi connectivity index (χ0v) is 15.3. The van der Waals surface area contributed by atoms with Gasteiger partial charge in [-0.15, -0.1) is 0 Å². The summed E-state index contributed by atoms with van der Waals surface area (Å²) < 4.78 is 31.2. The molecule has 0 aromatic heterocycles. The first kappa shape index (κ1) is 18.9. The first-order valence-corrected chi connectivity index (χ1v) is 9.05. The van der Waals surface area contributed by atoms with Gasteiger partial charge in [-0.1, -0.05) is 29.8 Å². The first-order chi connectivity index (χ1) is 11.2. The van der Waals surface area contributed by atoms with E-state index in [0.29, 0.717) is 13.0 Å². The lowest BCUT2D eigenvalue weighted by Gasteiger charge is -2.32. The van der Waals surface area contributed by atoms with Crippen LogP contribution in [0.2, 0.25) is 0 Å². The fourth-order valence-electron chi connectivity index (χ4n) is 2.84. The van der Waals surface area contributed by atoms with Gasteiger partial charge in [0.25, 0.3) is 0 Å². The van der Waals surface area contributed by atoms with Crippen molar-refractivity contribution in [2.75, 3.05) is 6.54 Å². The van der Waals surface area contributed by atoms with Gasteiger partial charge < -0.3 is 9.64 Å². The summed E-state index contributed by atoms with van der Waals surface area (Å²) in [5.41, 5.74) is 1.26. The number of hydrogen-bond donors (Lipinski definition) is 1. The lowest BCUT2D eigenvalue weighted by atomic mass is 9.99. The number of ether oxygens (including phenoxy) is 1. The van der Waals surface area contributed by atoms with Crippen molar-refractivity contribution in [3.63, 3.8) is 0 Å². The lowest BCUT2D eigenvalue weighted by Crippen LogP contribution is -2.43. The van der Waals surface area contributed by atoms with Crippen LogP contribution in [0.25, 0.3) is 0 Å². The van der Waals surface area contributed by atoms with E-state index >= 15 is 0 Å². The normalized spacial score (nSPS) is 20.7. The molecule has 24 heavy (non-hydrogen) atoms. The van der Waals surface area contributed by atoms with Crippen LogP contribution in [0.4, 0.5) is 4.79 Å². The van der Waals surface area contributed by atoms with Crippen LogP contribution in [0.3, 0.4) is 0 Å². The maximum atomic E-state index is 12.5. The van der Waals surface area contributed by atoms with Crippen LogP contribution < -0.4 is 0 Å². The number of carbonyl (C=O) groups is 1. The SMILES string of the molecule is Cc1ccc(C(OS(=O)O)C2CCCN2C(=O)OC(C)(C)C)cc1. The quantitative estimate of drug-likeness (QED) is 0.835. The minimum absolute atomic E-state index is 0.335. The second-order valence-corrected chi connectivity index (χ2v) is 7.65. The predicted octanol–water partition coefficient (Wildman–Crippen LogP) is 3.59. The molecule has 0 spiro atoms. The fourth-order valence-corrected chi connectivity index (χ4v) is 3.26. The molecule has 0 saturated carbocycles. The molecule has 1 amide bonds. The molecular formula is C17H25NO5S. The van der Waals surface area contributed by atoms with E-state index in [1.807, 2.05) is 52.0 Å². The Bertz CT molecular complexity index is 596. The molecule has 1 aromatic carbocycles. The minimum atomic E-state index is -2.42. The largest absolute Gasteiger partial charge is 0.444 e. The third kappa shape index (κ3) is 5.03. The van der Waals surface area contributed by atoms with Crippen molar-refractivity contribution in [3.8, 4) is 0 Å². The van der Waals surface area contributed by atoms with Gasteiger partial charge in [-0.3, -0.25) is 8.74 Å². The number of benzene rings is 1. The molecule has 0 bridgehead atoms. The zero-order valence-electron chi connectivity index (χ0n) is 14.5. The van der Waals surface area contributed by atoms with E-state index in [4.69, 9.17) is 8.92 Å². The van der Waals surface area contributed by atoms with Crippen LogP contribution in [-0.4, -0.2) is 37.9 Å². The Labute approximate surface area is 145 Å². The number of rotatable bonds is 4. The Morgan fingerprint density at radius 1 is 1.33 bits per heavy atom. The molecule has 7 heteroatoms. The van der Waals surface area contributed by atoms with Crippen molar-refractivity contribution in [2.24, 2.45) is 0 Å². The molecule has 1 fully saturated rings. The summed E-state index contributed by atoms with van der Waals surface area (Å²) in [6.07, 6.45) is 0.392. The van der Waals surface area contributed by atoms with Gasteiger partial charge in [-0.2, -0.15) is 4.21 Å². The van der Waals surface area contributed by atoms with Gasteiger partial charge in [0.15, 0.2) is 0 Å². The first-order valence-electron chi connectivity index (χ1n) is 8.01. The van der Waals surface area contributed by atoms with Crippen molar-refractivity contribution in [1.82, 2.24) is 4.90 Å². The molecule has 1 aliphatic rings. The maximum Gasteiger partial charge on any atom is 0.410 e. The van der Waals surface area contributed by atoms with Crippen LogP contribution in [0.5, 0.6) is 0 Å². The number of hydrogen-bond acceptors (Lipinski definition) is 4. The monoisotopic (exact) mass is 355 g/mol. The molecule has 0 aliphatic carbocycles. The third-order valence-corrected chi connectivity index (χ3v) is 4.24. The molecule has 1 N–H and O–H groups in total. The highest BCUT2D eigenvalue weighted by molar-refractivity contribution is 7.74. The molecule has 1 saturated heterocycles. The van der Waals surface area contributed by atoms with E-state index in [1.54, 1.807) is 4.90 Å². The van der Waals surface area contributed by atoms with Crippen molar-refractivity contribution < 1.29 is 22.5 Å². The molecule has 6 nitrogen and oxygen atoms in total. The summed E-state index contributed by atoms with van der Waals surface area (Å²) in [5.74, 6) is 0. The van der Waals surface area contributed by atoms with E-state index < -0.39 is 29.2 Å². The van der Waals surface area contributed by atoms with Crippen LogP contribution in [-0.2, 0) is 20.3 Å². The minimum Gasteiger partial charge on any atom is -0.444 e. The standard InChI is InChI=1S/C17H25NO5S/c1-12-7-9-13(10-8-12)15(23-24(20)21)14-6-5-11-18(14)16(19)22-17(2,3)4/h7-10,14-15H,5-6,11H2,1-4H3,(H,20,21). The van der Waals surface area contributed by atoms with Gasteiger partial charge >= 0.3 is 17.5 Å². The Kier molecular flexibility index (Phi) is 6.01. The van der Waals surface area contributed by atoms with E-state index in [0.717, 1.165) is 17.5 Å². The summed E-state index contributed by atoms with van der Waals surface area (Å²) in [5, 5.41) is 0. The smallest absolute Gasteiger partial charge is 0.410 e. The second kappa shape index (κ2) is 7.63. The summed E-state index contributed by atoms with van der Waals surface area (Å²) >= 11 is -2.42.